The topological polar surface area (TPSA) is 109 Å². The van der Waals surface area contributed by atoms with Crippen molar-refractivity contribution in [2.75, 3.05) is 13.2 Å². The zero-order valence-electron chi connectivity index (χ0n) is 19.4. The van der Waals surface area contributed by atoms with Gasteiger partial charge in [-0.25, -0.2) is 9.37 Å². The number of nitrogens with zero attached hydrogens (tertiary/aromatic N) is 5. The van der Waals surface area contributed by atoms with Crippen molar-refractivity contribution in [3.05, 3.63) is 53.1 Å². The minimum absolute atomic E-state index is 0.0110. The number of ether oxygens (including phenoxy) is 2. The van der Waals surface area contributed by atoms with Gasteiger partial charge in [-0.2, -0.15) is 36.3 Å². The molecule has 1 aromatic carbocycles. The van der Waals surface area contributed by atoms with Crippen LogP contribution in [-0.2, 0) is 12.4 Å². The van der Waals surface area contributed by atoms with Crippen LogP contribution in [0.2, 0.25) is 0 Å². The van der Waals surface area contributed by atoms with E-state index in [0.29, 0.717) is 28.9 Å². The number of aryl methyl sites for hydroxylation is 2. The van der Waals surface area contributed by atoms with Crippen molar-refractivity contribution in [2.45, 2.75) is 32.6 Å². The van der Waals surface area contributed by atoms with E-state index in [1.807, 2.05) is 0 Å². The van der Waals surface area contributed by atoms with Gasteiger partial charge in [0.1, 0.15) is 5.75 Å². The fourth-order valence-corrected chi connectivity index (χ4v) is 3.27. The zero-order valence-corrected chi connectivity index (χ0v) is 19.4. The van der Waals surface area contributed by atoms with Gasteiger partial charge in [-0.1, -0.05) is 10.3 Å². The Labute approximate surface area is 208 Å². The van der Waals surface area contributed by atoms with E-state index in [0.717, 1.165) is 12.3 Å². The molecule has 4 rings (SSSR count). The highest BCUT2D eigenvalue weighted by Gasteiger charge is 2.39. The van der Waals surface area contributed by atoms with Crippen molar-refractivity contribution in [1.29, 1.82) is 0 Å². The molecule has 0 aliphatic rings. The summed E-state index contributed by atoms with van der Waals surface area (Å²) in [5, 5.41) is 6.52. The highest BCUT2D eigenvalue weighted by molar-refractivity contribution is 5.61. The SMILES string of the molecule is Cc1cc(-c2noc(C(F)(F)F)n2)cc(C)c1OCCCOc1ncc(-c2noc(C(F)(F)F)n2)cc1F. The van der Waals surface area contributed by atoms with Crippen LogP contribution in [0.25, 0.3) is 22.8 Å². The van der Waals surface area contributed by atoms with Gasteiger partial charge < -0.3 is 18.5 Å². The smallest absolute Gasteiger partial charge is 0.471 e. The number of aromatic nitrogens is 5. The van der Waals surface area contributed by atoms with Crippen LogP contribution in [0.15, 0.2) is 33.4 Å². The monoisotopic (exact) mass is 547 g/mol. The average molecular weight is 547 g/mol. The molecule has 3 aromatic heterocycles. The summed E-state index contributed by atoms with van der Waals surface area (Å²) in [6.07, 6.45) is -8.26. The Kier molecular flexibility index (Phi) is 7.24. The van der Waals surface area contributed by atoms with E-state index in [-0.39, 0.29) is 30.5 Å². The van der Waals surface area contributed by atoms with Crippen LogP contribution in [0.1, 0.15) is 29.3 Å². The second kappa shape index (κ2) is 10.3. The number of hydrogen-bond donors (Lipinski definition) is 0. The van der Waals surface area contributed by atoms with E-state index in [1.165, 1.54) is 0 Å². The van der Waals surface area contributed by atoms with Crippen molar-refractivity contribution in [2.24, 2.45) is 0 Å². The predicted molar refractivity (Wildman–Crippen MR) is 112 cm³/mol. The van der Waals surface area contributed by atoms with Gasteiger partial charge in [-0.15, -0.1) is 0 Å². The standard InChI is InChI=1S/C22H16F7N5O4/c1-10-6-12(16-31-19(37-33-16)21(24,25)26)7-11(2)15(10)35-4-3-5-36-18-14(23)8-13(9-30-18)17-32-20(38-34-17)22(27,28)29/h6-9H,3-5H2,1-2H3. The lowest BCUT2D eigenvalue weighted by molar-refractivity contribution is -0.160. The Morgan fingerprint density at radius 2 is 1.29 bits per heavy atom. The first-order valence-electron chi connectivity index (χ1n) is 10.7. The second-order valence-electron chi connectivity index (χ2n) is 7.84. The number of benzene rings is 1. The number of rotatable bonds is 8. The van der Waals surface area contributed by atoms with Crippen LogP contribution in [0, 0.1) is 19.7 Å². The first-order valence-corrected chi connectivity index (χ1v) is 10.7. The fraction of sp³-hybridized carbons (Fsp3) is 0.318. The summed E-state index contributed by atoms with van der Waals surface area (Å²) in [5.41, 5.74) is 1.40. The van der Waals surface area contributed by atoms with Crippen molar-refractivity contribution < 1.29 is 49.3 Å². The van der Waals surface area contributed by atoms with Crippen LogP contribution in [-0.4, -0.2) is 38.5 Å². The molecule has 38 heavy (non-hydrogen) atoms. The zero-order chi connectivity index (χ0) is 27.7. The molecule has 0 fully saturated rings. The maximum absolute atomic E-state index is 14.3. The number of halogens is 7. The Bertz CT molecular complexity index is 1410. The van der Waals surface area contributed by atoms with E-state index in [2.05, 4.69) is 34.3 Å². The Morgan fingerprint density at radius 1 is 0.763 bits per heavy atom. The quantitative estimate of drug-likeness (QED) is 0.199. The predicted octanol–water partition coefficient (Wildman–Crippen LogP) is 5.82. The maximum atomic E-state index is 14.3. The average Bonchev–Trinajstić information content (AvgIpc) is 3.51. The molecule has 0 radical (unpaired) electrons. The molecular formula is C22H16F7N5O4. The molecule has 0 bridgehead atoms. The molecule has 16 heteroatoms. The van der Waals surface area contributed by atoms with E-state index < -0.39 is 35.8 Å². The summed E-state index contributed by atoms with van der Waals surface area (Å²) in [4.78, 5) is 10.3. The molecule has 0 saturated heterocycles. The van der Waals surface area contributed by atoms with Crippen LogP contribution in [0.3, 0.4) is 0 Å². The summed E-state index contributed by atoms with van der Waals surface area (Å²) in [6, 6.07) is 3.96. The molecule has 0 saturated carbocycles. The van der Waals surface area contributed by atoms with Gasteiger partial charge in [0.15, 0.2) is 5.82 Å². The third kappa shape index (κ3) is 6.00. The van der Waals surface area contributed by atoms with Crippen molar-refractivity contribution in [3.8, 4) is 34.4 Å². The van der Waals surface area contributed by atoms with E-state index in [1.54, 1.807) is 26.0 Å². The van der Waals surface area contributed by atoms with E-state index in [9.17, 15) is 30.7 Å². The second-order valence-corrected chi connectivity index (χ2v) is 7.84. The first-order chi connectivity index (χ1) is 17.8. The lowest BCUT2D eigenvalue weighted by Gasteiger charge is -2.13. The van der Waals surface area contributed by atoms with Gasteiger partial charge in [-0.3, -0.25) is 0 Å². The highest BCUT2D eigenvalue weighted by atomic mass is 19.4. The Balaban J connectivity index is 1.31. The molecule has 3 heterocycles. The molecule has 0 aliphatic heterocycles. The summed E-state index contributed by atoms with van der Waals surface area (Å²) in [6.45, 7) is 3.51. The highest BCUT2D eigenvalue weighted by Crippen LogP contribution is 2.33. The fourth-order valence-electron chi connectivity index (χ4n) is 3.27. The van der Waals surface area contributed by atoms with Gasteiger partial charge in [0.05, 0.1) is 13.2 Å². The van der Waals surface area contributed by atoms with Crippen molar-refractivity contribution in [1.82, 2.24) is 25.3 Å². The van der Waals surface area contributed by atoms with Crippen LogP contribution in [0.5, 0.6) is 11.6 Å². The Hall–Kier alpha value is -4.24. The van der Waals surface area contributed by atoms with Gasteiger partial charge in [0.2, 0.25) is 17.5 Å². The number of alkyl halides is 6. The van der Waals surface area contributed by atoms with E-state index >= 15 is 0 Å². The molecular weight excluding hydrogens is 531 g/mol. The minimum Gasteiger partial charge on any atom is -0.493 e. The number of hydrogen-bond acceptors (Lipinski definition) is 9. The molecule has 0 N–H and O–H groups in total. The largest absolute Gasteiger partial charge is 0.493 e. The van der Waals surface area contributed by atoms with E-state index in [4.69, 9.17) is 9.47 Å². The summed E-state index contributed by atoms with van der Waals surface area (Å²) in [7, 11) is 0. The van der Waals surface area contributed by atoms with Gasteiger partial charge >= 0.3 is 24.1 Å². The summed E-state index contributed by atoms with van der Waals surface area (Å²) in [5.74, 6) is -4.57. The van der Waals surface area contributed by atoms with Gasteiger partial charge in [0, 0.05) is 23.7 Å². The lowest BCUT2D eigenvalue weighted by Crippen LogP contribution is -2.08. The van der Waals surface area contributed by atoms with Crippen molar-refractivity contribution >= 4 is 0 Å². The van der Waals surface area contributed by atoms with Crippen LogP contribution >= 0.6 is 0 Å². The molecule has 9 nitrogen and oxygen atoms in total. The van der Waals surface area contributed by atoms with Crippen molar-refractivity contribution in [3.63, 3.8) is 0 Å². The van der Waals surface area contributed by atoms with Crippen LogP contribution in [0.4, 0.5) is 30.7 Å². The van der Waals surface area contributed by atoms with Crippen LogP contribution < -0.4 is 9.47 Å². The Morgan fingerprint density at radius 3 is 1.79 bits per heavy atom. The molecule has 0 atom stereocenters. The van der Waals surface area contributed by atoms with Gasteiger partial charge in [-0.05, 0) is 43.2 Å². The lowest BCUT2D eigenvalue weighted by atomic mass is 10.1. The normalized spacial score (nSPS) is 12.1. The van der Waals surface area contributed by atoms with Gasteiger partial charge in [0.25, 0.3) is 0 Å². The molecule has 0 aliphatic carbocycles. The summed E-state index contributed by atoms with van der Waals surface area (Å²) < 4.78 is 110. The number of pyridine rings is 1. The molecule has 4 aromatic rings. The molecule has 202 valence electrons. The molecule has 0 spiro atoms. The third-order valence-electron chi connectivity index (χ3n) is 4.90. The molecule has 0 amide bonds. The third-order valence-corrected chi connectivity index (χ3v) is 4.90. The molecule has 0 unspecified atom stereocenters. The first kappa shape index (κ1) is 26.8. The minimum atomic E-state index is -4.84. The maximum Gasteiger partial charge on any atom is 0.471 e. The summed E-state index contributed by atoms with van der Waals surface area (Å²) >= 11 is 0.